The van der Waals surface area contributed by atoms with Crippen molar-refractivity contribution in [2.75, 3.05) is 0 Å². The summed E-state index contributed by atoms with van der Waals surface area (Å²) in [6, 6.07) is 11.7. The minimum Gasteiger partial charge on any atom is -0.464 e. The summed E-state index contributed by atoms with van der Waals surface area (Å²) in [5, 5.41) is 12.0. The molecular formula is C18H16N4O2. The monoisotopic (exact) mass is 320 g/mol. The molecule has 1 N–H and O–H groups in total. The molecule has 0 spiro atoms. The van der Waals surface area contributed by atoms with Crippen LogP contribution < -0.4 is 5.32 Å². The van der Waals surface area contributed by atoms with Crippen molar-refractivity contribution in [3.63, 3.8) is 0 Å². The normalized spacial score (nSPS) is 11.2. The summed E-state index contributed by atoms with van der Waals surface area (Å²) >= 11 is 0. The molecule has 6 nitrogen and oxygen atoms in total. The van der Waals surface area contributed by atoms with Crippen molar-refractivity contribution in [2.24, 2.45) is 0 Å². The highest BCUT2D eigenvalue weighted by Gasteiger charge is 2.12. The van der Waals surface area contributed by atoms with Crippen molar-refractivity contribution >= 4 is 22.5 Å². The van der Waals surface area contributed by atoms with E-state index >= 15 is 0 Å². The van der Waals surface area contributed by atoms with Crippen LogP contribution in [0, 0.1) is 6.92 Å². The number of hydrogen-bond acceptors (Lipinski definition) is 4. The van der Waals surface area contributed by atoms with E-state index in [0.717, 1.165) is 27.7 Å². The zero-order valence-corrected chi connectivity index (χ0v) is 13.2. The zero-order chi connectivity index (χ0) is 16.5. The molecule has 3 aromatic heterocycles. The molecule has 0 aliphatic carbocycles. The molecule has 1 amide bonds. The third kappa shape index (κ3) is 2.62. The van der Waals surface area contributed by atoms with Gasteiger partial charge in [0.1, 0.15) is 5.58 Å². The highest BCUT2D eigenvalue weighted by Crippen LogP contribution is 2.22. The summed E-state index contributed by atoms with van der Waals surface area (Å²) in [5.74, 6) is 0.623. The molecule has 4 rings (SSSR count). The summed E-state index contributed by atoms with van der Waals surface area (Å²) in [5.41, 5.74) is 3.58. The summed E-state index contributed by atoms with van der Waals surface area (Å²) in [4.78, 5) is 12.2. The first-order valence-electron chi connectivity index (χ1n) is 7.73. The van der Waals surface area contributed by atoms with Crippen LogP contribution in [0.5, 0.6) is 0 Å². The first-order valence-corrected chi connectivity index (χ1v) is 7.73. The van der Waals surface area contributed by atoms with E-state index in [0.29, 0.717) is 12.4 Å². The van der Waals surface area contributed by atoms with Gasteiger partial charge in [0, 0.05) is 17.1 Å². The molecule has 0 saturated carbocycles. The highest BCUT2D eigenvalue weighted by atomic mass is 16.3. The Bertz CT molecular complexity index is 1030. The Balaban J connectivity index is 1.46. The molecule has 120 valence electrons. The number of furan rings is 1. The van der Waals surface area contributed by atoms with Crippen molar-refractivity contribution in [1.29, 1.82) is 0 Å². The van der Waals surface area contributed by atoms with Crippen LogP contribution in [0.3, 0.4) is 0 Å². The fourth-order valence-corrected chi connectivity index (χ4v) is 2.75. The van der Waals surface area contributed by atoms with Crippen LogP contribution in [0.2, 0.25) is 0 Å². The Morgan fingerprint density at radius 2 is 2.17 bits per heavy atom. The summed E-state index contributed by atoms with van der Waals surface area (Å²) in [6.07, 6.45) is 3.80. The third-order valence-corrected chi connectivity index (χ3v) is 3.99. The average Bonchev–Trinajstić information content (AvgIpc) is 3.17. The maximum absolute atomic E-state index is 12.2. The van der Waals surface area contributed by atoms with Gasteiger partial charge >= 0.3 is 0 Å². The zero-order valence-electron chi connectivity index (χ0n) is 13.2. The Morgan fingerprint density at radius 3 is 3.08 bits per heavy atom. The fourth-order valence-electron chi connectivity index (χ4n) is 2.75. The molecule has 0 unspecified atom stereocenters. The van der Waals surface area contributed by atoms with E-state index in [9.17, 15) is 4.79 Å². The van der Waals surface area contributed by atoms with Gasteiger partial charge in [0.05, 0.1) is 19.2 Å². The molecule has 1 aromatic carbocycles. The van der Waals surface area contributed by atoms with E-state index in [1.165, 1.54) is 0 Å². The SMILES string of the molecule is Cc1ccc2c(CC(=O)NCc3nnc4ccccn34)coc2c1. The lowest BCUT2D eigenvalue weighted by atomic mass is 10.1. The molecule has 0 aliphatic heterocycles. The van der Waals surface area contributed by atoms with E-state index in [-0.39, 0.29) is 12.3 Å². The number of carbonyl (C=O) groups excluding carboxylic acids is 1. The summed E-state index contributed by atoms with van der Waals surface area (Å²) in [7, 11) is 0. The highest BCUT2D eigenvalue weighted by molar-refractivity contribution is 5.87. The molecule has 0 atom stereocenters. The number of hydrogen-bond donors (Lipinski definition) is 1. The number of carbonyl (C=O) groups is 1. The van der Waals surface area contributed by atoms with Crippen LogP contribution in [-0.4, -0.2) is 20.5 Å². The molecule has 6 heteroatoms. The van der Waals surface area contributed by atoms with Gasteiger partial charge in [-0.1, -0.05) is 18.2 Å². The summed E-state index contributed by atoms with van der Waals surface area (Å²) in [6.45, 7) is 2.34. The van der Waals surface area contributed by atoms with Gasteiger partial charge in [-0.15, -0.1) is 10.2 Å². The van der Waals surface area contributed by atoms with Crippen LogP contribution in [-0.2, 0) is 17.8 Å². The first kappa shape index (κ1) is 14.4. The molecule has 0 bridgehead atoms. The molecule has 0 radical (unpaired) electrons. The molecular weight excluding hydrogens is 304 g/mol. The molecule has 0 saturated heterocycles. The lowest BCUT2D eigenvalue weighted by Gasteiger charge is -2.03. The van der Waals surface area contributed by atoms with Gasteiger partial charge in [0.15, 0.2) is 11.5 Å². The number of nitrogens with one attached hydrogen (secondary N) is 1. The first-order chi connectivity index (χ1) is 11.7. The molecule has 24 heavy (non-hydrogen) atoms. The van der Waals surface area contributed by atoms with Crippen molar-refractivity contribution in [3.8, 4) is 0 Å². The Hall–Kier alpha value is -3.15. The summed E-state index contributed by atoms with van der Waals surface area (Å²) < 4.78 is 7.39. The Labute approximate surface area is 138 Å². The molecule has 4 aromatic rings. The molecule has 0 fully saturated rings. The predicted octanol–water partition coefficient (Wildman–Crippen LogP) is 2.64. The van der Waals surface area contributed by atoms with E-state index in [1.54, 1.807) is 6.26 Å². The van der Waals surface area contributed by atoms with Crippen molar-refractivity contribution in [2.45, 2.75) is 19.9 Å². The fraction of sp³-hybridized carbons (Fsp3) is 0.167. The smallest absolute Gasteiger partial charge is 0.224 e. The lowest BCUT2D eigenvalue weighted by Crippen LogP contribution is -2.25. The molecule has 3 heterocycles. The van der Waals surface area contributed by atoms with E-state index in [4.69, 9.17) is 4.42 Å². The number of amides is 1. The second-order valence-corrected chi connectivity index (χ2v) is 5.76. The van der Waals surface area contributed by atoms with Gasteiger partial charge in [0.25, 0.3) is 0 Å². The van der Waals surface area contributed by atoms with Gasteiger partial charge in [-0.05, 0) is 30.7 Å². The van der Waals surface area contributed by atoms with E-state index < -0.39 is 0 Å². The minimum atomic E-state index is -0.0778. The van der Waals surface area contributed by atoms with Gasteiger partial charge in [-0.3, -0.25) is 9.20 Å². The second-order valence-electron chi connectivity index (χ2n) is 5.76. The maximum atomic E-state index is 12.2. The van der Waals surface area contributed by atoms with Crippen LogP contribution in [0.1, 0.15) is 17.0 Å². The largest absolute Gasteiger partial charge is 0.464 e. The standard InChI is InChI=1S/C18H16N4O2/c1-12-5-6-14-13(11-24-15(14)8-12)9-18(23)19-10-17-21-20-16-4-2-3-7-22(16)17/h2-8,11H,9-10H2,1H3,(H,19,23). The number of aryl methyl sites for hydroxylation is 1. The Morgan fingerprint density at radius 1 is 1.25 bits per heavy atom. The van der Waals surface area contributed by atoms with Crippen LogP contribution in [0.25, 0.3) is 16.6 Å². The lowest BCUT2D eigenvalue weighted by molar-refractivity contribution is -0.120. The van der Waals surface area contributed by atoms with Crippen LogP contribution in [0.4, 0.5) is 0 Å². The number of rotatable bonds is 4. The predicted molar refractivity (Wildman–Crippen MR) is 89.5 cm³/mol. The van der Waals surface area contributed by atoms with Gasteiger partial charge in [0.2, 0.25) is 5.91 Å². The van der Waals surface area contributed by atoms with Crippen molar-refractivity contribution < 1.29 is 9.21 Å². The minimum absolute atomic E-state index is 0.0778. The van der Waals surface area contributed by atoms with Crippen molar-refractivity contribution in [1.82, 2.24) is 19.9 Å². The molecule has 0 aliphatic rings. The maximum Gasteiger partial charge on any atom is 0.224 e. The van der Waals surface area contributed by atoms with Crippen LogP contribution >= 0.6 is 0 Å². The van der Waals surface area contributed by atoms with Crippen molar-refractivity contribution in [3.05, 3.63) is 65.8 Å². The third-order valence-electron chi connectivity index (χ3n) is 3.99. The average molecular weight is 320 g/mol. The topological polar surface area (TPSA) is 72.4 Å². The number of benzene rings is 1. The van der Waals surface area contributed by atoms with Gasteiger partial charge in [-0.25, -0.2) is 0 Å². The van der Waals surface area contributed by atoms with E-state index in [1.807, 2.05) is 53.9 Å². The number of aromatic nitrogens is 3. The van der Waals surface area contributed by atoms with Gasteiger partial charge in [-0.2, -0.15) is 0 Å². The second kappa shape index (κ2) is 5.81. The van der Waals surface area contributed by atoms with Gasteiger partial charge < -0.3 is 9.73 Å². The Kier molecular flexibility index (Phi) is 3.49. The quantitative estimate of drug-likeness (QED) is 0.627. The number of fused-ring (bicyclic) bond motifs is 2. The van der Waals surface area contributed by atoms with E-state index in [2.05, 4.69) is 15.5 Å². The number of nitrogens with zero attached hydrogens (tertiary/aromatic N) is 3. The number of pyridine rings is 1. The van der Waals surface area contributed by atoms with Crippen LogP contribution in [0.15, 0.2) is 53.3 Å².